The standard InChI is InChI=1S/C14H23N3O/c1-5-12(9(2)3)17-13-8-10(15)6-7-11(13)14(18)16-4/h6-9,12,17H,5,15H2,1-4H3,(H,16,18). The van der Waals surface area contributed by atoms with Crippen molar-refractivity contribution in [1.82, 2.24) is 5.32 Å². The summed E-state index contributed by atoms with van der Waals surface area (Å²) in [5, 5.41) is 6.05. The molecular weight excluding hydrogens is 226 g/mol. The van der Waals surface area contributed by atoms with Crippen LogP contribution in [0.15, 0.2) is 18.2 Å². The first-order valence-corrected chi connectivity index (χ1v) is 6.37. The maximum absolute atomic E-state index is 11.8. The summed E-state index contributed by atoms with van der Waals surface area (Å²) in [7, 11) is 1.63. The summed E-state index contributed by atoms with van der Waals surface area (Å²) >= 11 is 0. The van der Waals surface area contributed by atoms with Crippen LogP contribution in [0, 0.1) is 5.92 Å². The van der Waals surface area contributed by atoms with E-state index in [1.807, 2.05) is 6.07 Å². The summed E-state index contributed by atoms with van der Waals surface area (Å²) in [6.45, 7) is 6.45. The van der Waals surface area contributed by atoms with E-state index in [2.05, 4.69) is 31.4 Å². The first-order chi connectivity index (χ1) is 8.49. The Morgan fingerprint density at radius 3 is 2.56 bits per heavy atom. The van der Waals surface area contributed by atoms with E-state index in [0.29, 0.717) is 23.2 Å². The fourth-order valence-corrected chi connectivity index (χ4v) is 1.95. The number of nitrogens with one attached hydrogen (secondary N) is 2. The molecule has 0 spiro atoms. The quantitative estimate of drug-likeness (QED) is 0.702. The fourth-order valence-electron chi connectivity index (χ4n) is 1.95. The molecule has 4 nitrogen and oxygen atoms in total. The van der Waals surface area contributed by atoms with Gasteiger partial charge in [-0.15, -0.1) is 0 Å². The van der Waals surface area contributed by atoms with E-state index in [4.69, 9.17) is 5.73 Å². The lowest BCUT2D eigenvalue weighted by Gasteiger charge is -2.23. The number of nitrogens with two attached hydrogens (primary N) is 1. The summed E-state index contributed by atoms with van der Waals surface area (Å²) in [4.78, 5) is 11.8. The van der Waals surface area contributed by atoms with Gasteiger partial charge >= 0.3 is 0 Å². The molecule has 4 N–H and O–H groups in total. The molecule has 0 fully saturated rings. The number of carbonyl (C=O) groups excluding carboxylic acids is 1. The maximum Gasteiger partial charge on any atom is 0.253 e. The number of anilines is 2. The zero-order valence-electron chi connectivity index (χ0n) is 11.6. The first kappa shape index (κ1) is 14.4. The molecule has 0 aliphatic heterocycles. The lowest BCUT2D eigenvalue weighted by Crippen LogP contribution is -2.27. The van der Waals surface area contributed by atoms with Crippen LogP contribution in [0.2, 0.25) is 0 Å². The second kappa shape index (κ2) is 6.28. The third-order valence-electron chi connectivity index (χ3n) is 3.10. The van der Waals surface area contributed by atoms with Crippen LogP contribution >= 0.6 is 0 Å². The highest BCUT2D eigenvalue weighted by molar-refractivity contribution is 6.00. The molecule has 100 valence electrons. The Morgan fingerprint density at radius 1 is 1.39 bits per heavy atom. The molecule has 0 radical (unpaired) electrons. The van der Waals surface area contributed by atoms with Crippen LogP contribution in [0.1, 0.15) is 37.6 Å². The van der Waals surface area contributed by atoms with Crippen molar-refractivity contribution < 1.29 is 4.79 Å². The molecule has 0 aliphatic carbocycles. The molecule has 0 aromatic heterocycles. The molecule has 1 amide bonds. The van der Waals surface area contributed by atoms with Gasteiger partial charge in [0.05, 0.1) is 5.56 Å². The Bertz CT molecular complexity index is 416. The predicted octanol–water partition coefficient (Wildman–Crippen LogP) is 2.47. The van der Waals surface area contributed by atoms with Crippen LogP contribution in [-0.4, -0.2) is 19.0 Å². The summed E-state index contributed by atoms with van der Waals surface area (Å²) in [5.41, 5.74) is 7.88. The molecule has 0 saturated heterocycles. The number of rotatable bonds is 5. The molecule has 1 aromatic carbocycles. The van der Waals surface area contributed by atoms with Gasteiger partial charge in [0, 0.05) is 24.5 Å². The van der Waals surface area contributed by atoms with Gasteiger partial charge in [-0.1, -0.05) is 20.8 Å². The third-order valence-corrected chi connectivity index (χ3v) is 3.10. The van der Waals surface area contributed by atoms with E-state index in [0.717, 1.165) is 12.1 Å². The van der Waals surface area contributed by atoms with E-state index in [1.54, 1.807) is 19.2 Å². The highest BCUT2D eigenvalue weighted by Gasteiger charge is 2.15. The van der Waals surface area contributed by atoms with E-state index in [1.165, 1.54) is 0 Å². The molecule has 0 saturated carbocycles. The third kappa shape index (κ3) is 3.39. The lowest BCUT2D eigenvalue weighted by atomic mass is 10.0. The summed E-state index contributed by atoms with van der Waals surface area (Å²) in [6, 6.07) is 5.64. The first-order valence-electron chi connectivity index (χ1n) is 6.37. The van der Waals surface area contributed by atoms with E-state index in [9.17, 15) is 4.79 Å². The van der Waals surface area contributed by atoms with Gasteiger partial charge in [-0.2, -0.15) is 0 Å². The Balaban J connectivity index is 3.05. The molecule has 1 atom stereocenters. The smallest absolute Gasteiger partial charge is 0.253 e. The number of hydrogen-bond donors (Lipinski definition) is 3. The van der Waals surface area contributed by atoms with Crippen molar-refractivity contribution in [2.75, 3.05) is 18.1 Å². The number of hydrogen-bond acceptors (Lipinski definition) is 3. The summed E-state index contributed by atoms with van der Waals surface area (Å²) < 4.78 is 0. The number of carbonyl (C=O) groups is 1. The van der Waals surface area contributed by atoms with Crippen LogP contribution < -0.4 is 16.4 Å². The van der Waals surface area contributed by atoms with Crippen molar-refractivity contribution in [1.29, 1.82) is 0 Å². The fraction of sp³-hybridized carbons (Fsp3) is 0.500. The molecule has 1 aromatic rings. The minimum Gasteiger partial charge on any atom is -0.399 e. The highest BCUT2D eigenvalue weighted by Crippen LogP contribution is 2.22. The van der Waals surface area contributed by atoms with Crippen LogP contribution in [0.25, 0.3) is 0 Å². The second-order valence-electron chi connectivity index (χ2n) is 4.79. The Hall–Kier alpha value is -1.71. The van der Waals surface area contributed by atoms with E-state index < -0.39 is 0 Å². The van der Waals surface area contributed by atoms with E-state index >= 15 is 0 Å². The Kier molecular flexibility index (Phi) is 5.01. The Labute approximate surface area is 109 Å². The molecule has 1 unspecified atom stereocenters. The zero-order chi connectivity index (χ0) is 13.7. The predicted molar refractivity (Wildman–Crippen MR) is 76.8 cm³/mol. The van der Waals surface area contributed by atoms with Gasteiger partial charge in [0.2, 0.25) is 0 Å². The second-order valence-corrected chi connectivity index (χ2v) is 4.79. The van der Waals surface area contributed by atoms with Gasteiger partial charge in [0.15, 0.2) is 0 Å². The molecule has 0 heterocycles. The maximum atomic E-state index is 11.8. The minimum atomic E-state index is -0.101. The number of amides is 1. The van der Waals surface area contributed by atoms with Gasteiger partial charge < -0.3 is 16.4 Å². The largest absolute Gasteiger partial charge is 0.399 e. The van der Waals surface area contributed by atoms with Crippen LogP contribution in [0.4, 0.5) is 11.4 Å². The van der Waals surface area contributed by atoms with Crippen molar-refractivity contribution in [3.63, 3.8) is 0 Å². The molecule has 4 heteroatoms. The van der Waals surface area contributed by atoms with Crippen LogP contribution in [0.5, 0.6) is 0 Å². The lowest BCUT2D eigenvalue weighted by molar-refractivity contribution is 0.0964. The van der Waals surface area contributed by atoms with Crippen molar-refractivity contribution in [3.8, 4) is 0 Å². The van der Waals surface area contributed by atoms with Crippen LogP contribution in [-0.2, 0) is 0 Å². The van der Waals surface area contributed by atoms with Gasteiger partial charge in [-0.25, -0.2) is 0 Å². The van der Waals surface area contributed by atoms with Gasteiger partial charge in [0.25, 0.3) is 5.91 Å². The zero-order valence-corrected chi connectivity index (χ0v) is 11.6. The number of nitrogen functional groups attached to an aromatic ring is 1. The topological polar surface area (TPSA) is 67.1 Å². The van der Waals surface area contributed by atoms with Crippen LogP contribution in [0.3, 0.4) is 0 Å². The van der Waals surface area contributed by atoms with Crippen molar-refractivity contribution >= 4 is 17.3 Å². The Morgan fingerprint density at radius 2 is 2.06 bits per heavy atom. The van der Waals surface area contributed by atoms with Crippen molar-refractivity contribution in [2.24, 2.45) is 5.92 Å². The molecule has 18 heavy (non-hydrogen) atoms. The molecule has 1 rings (SSSR count). The average molecular weight is 249 g/mol. The molecule has 0 aliphatic rings. The molecule has 0 bridgehead atoms. The van der Waals surface area contributed by atoms with Crippen molar-refractivity contribution in [2.45, 2.75) is 33.2 Å². The van der Waals surface area contributed by atoms with Gasteiger partial charge in [-0.05, 0) is 30.5 Å². The monoisotopic (exact) mass is 249 g/mol. The average Bonchev–Trinajstić information content (AvgIpc) is 2.34. The van der Waals surface area contributed by atoms with Gasteiger partial charge in [-0.3, -0.25) is 4.79 Å². The minimum absolute atomic E-state index is 0.101. The SMILES string of the molecule is CCC(Nc1cc(N)ccc1C(=O)NC)C(C)C. The summed E-state index contributed by atoms with van der Waals surface area (Å²) in [6.07, 6.45) is 1.000. The van der Waals surface area contributed by atoms with Gasteiger partial charge in [0.1, 0.15) is 0 Å². The normalized spacial score (nSPS) is 12.3. The van der Waals surface area contributed by atoms with Crippen molar-refractivity contribution in [3.05, 3.63) is 23.8 Å². The molecular formula is C14H23N3O. The highest BCUT2D eigenvalue weighted by atomic mass is 16.1. The van der Waals surface area contributed by atoms with E-state index in [-0.39, 0.29) is 5.91 Å². The summed E-state index contributed by atoms with van der Waals surface area (Å²) in [5.74, 6) is 0.394. The number of benzene rings is 1.